The summed E-state index contributed by atoms with van der Waals surface area (Å²) in [4.78, 5) is 32.5. The number of halogens is 1. The molecule has 1 aliphatic heterocycles. The number of rotatable bonds is 5. The molecule has 3 heterocycles. The zero-order valence-corrected chi connectivity index (χ0v) is 17.6. The van der Waals surface area contributed by atoms with E-state index in [1.807, 2.05) is 11.8 Å². The Morgan fingerprint density at radius 3 is 2.68 bits per heavy atom. The number of benzene rings is 1. The molecule has 0 radical (unpaired) electrons. The monoisotopic (exact) mass is 420 g/mol. The molecular formula is C23H25FN6O. The highest BCUT2D eigenvalue weighted by molar-refractivity contribution is 6.00. The van der Waals surface area contributed by atoms with Crippen molar-refractivity contribution in [2.45, 2.75) is 32.7 Å². The number of aryl methyl sites for hydroxylation is 1. The van der Waals surface area contributed by atoms with Crippen molar-refractivity contribution in [1.29, 1.82) is 0 Å². The molecule has 2 atom stereocenters. The van der Waals surface area contributed by atoms with Crippen LogP contribution in [-0.2, 0) is 0 Å². The third kappa shape index (κ3) is 4.68. The van der Waals surface area contributed by atoms with Crippen LogP contribution >= 0.6 is 0 Å². The molecule has 1 amide bonds. The highest BCUT2D eigenvalue weighted by atomic mass is 19.1. The molecule has 31 heavy (non-hydrogen) atoms. The summed E-state index contributed by atoms with van der Waals surface area (Å²) < 4.78 is 14.1. The van der Waals surface area contributed by atoms with E-state index in [-0.39, 0.29) is 23.4 Å². The molecule has 8 heteroatoms. The second-order valence-electron chi connectivity index (χ2n) is 7.91. The highest BCUT2D eigenvalue weighted by Crippen LogP contribution is 2.28. The number of nitrogens with zero attached hydrogens (tertiary/aromatic N) is 5. The predicted octanol–water partition coefficient (Wildman–Crippen LogP) is 3.73. The number of amides is 1. The largest absolute Gasteiger partial charge is 0.352 e. The van der Waals surface area contributed by atoms with Crippen LogP contribution in [0.5, 0.6) is 0 Å². The van der Waals surface area contributed by atoms with Crippen molar-refractivity contribution in [1.82, 2.24) is 24.8 Å². The molecule has 3 aromatic rings. The molecule has 1 aromatic carbocycles. The van der Waals surface area contributed by atoms with Crippen LogP contribution in [0.3, 0.4) is 0 Å². The summed E-state index contributed by atoms with van der Waals surface area (Å²) in [5.74, 6) is 0.528. The van der Waals surface area contributed by atoms with Crippen molar-refractivity contribution >= 4 is 11.9 Å². The summed E-state index contributed by atoms with van der Waals surface area (Å²) >= 11 is 0. The minimum absolute atomic E-state index is 0.0704. The maximum atomic E-state index is 14.1. The lowest BCUT2D eigenvalue weighted by molar-refractivity contribution is 0.0540. The topological polar surface area (TPSA) is 83.9 Å². The van der Waals surface area contributed by atoms with Gasteiger partial charge in [0.15, 0.2) is 5.82 Å². The zero-order chi connectivity index (χ0) is 21.8. The normalized spacial score (nSPS) is 18.6. The Bertz CT molecular complexity index is 1040. The standard InChI is InChI=1S/C23H25FN6O/c1-15-12-27-23(28-13-15)29-14-20-16(2)5-3-10-30(20)22(31)19-11-17(24)6-7-18(19)21-25-8-4-9-26-21/h4,6-9,11-13,16,20H,3,5,10,14H2,1-2H3,(H,27,28,29)/t16-,20-/m1/s1. The van der Waals surface area contributed by atoms with Crippen molar-refractivity contribution in [2.24, 2.45) is 5.92 Å². The number of carbonyl (C=O) groups excluding carboxylic acids is 1. The molecule has 0 bridgehead atoms. The van der Waals surface area contributed by atoms with E-state index < -0.39 is 5.82 Å². The van der Waals surface area contributed by atoms with Crippen LogP contribution in [0, 0.1) is 18.7 Å². The Hall–Kier alpha value is -3.42. The smallest absolute Gasteiger partial charge is 0.255 e. The molecule has 1 saturated heterocycles. The SMILES string of the molecule is Cc1cnc(NC[C@@H]2[C@H](C)CCCN2C(=O)c2cc(F)ccc2-c2ncccn2)nc1. The van der Waals surface area contributed by atoms with Crippen LogP contribution in [0.2, 0.25) is 0 Å². The predicted molar refractivity (Wildman–Crippen MR) is 116 cm³/mol. The van der Waals surface area contributed by atoms with Gasteiger partial charge in [0.1, 0.15) is 5.82 Å². The molecule has 0 aliphatic carbocycles. The lowest BCUT2D eigenvalue weighted by atomic mass is 9.89. The third-order valence-corrected chi connectivity index (χ3v) is 5.65. The maximum absolute atomic E-state index is 14.1. The summed E-state index contributed by atoms with van der Waals surface area (Å²) in [6.45, 7) is 5.19. The van der Waals surface area contributed by atoms with Gasteiger partial charge in [0.2, 0.25) is 5.95 Å². The van der Waals surface area contributed by atoms with Crippen molar-refractivity contribution in [3.05, 3.63) is 66.0 Å². The van der Waals surface area contributed by atoms with Gasteiger partial charge in [-0.2, -0.15) is 0 Å². The van der Waals surface area contributed by atoms with Gasteiger partial charge >= 0.3 is 0 Å². The van der Waals surface area contributed by atoms with Crippen LogP contribution in [-0.4, -0.2) is 49.9 Å². The quantitative estimate of drug-likeness (QED) is 0.677. The van der Waals surface area contributed by atoms with E-state index >= 15 is 0 Å². The number of carbonyl (C=O) groups is 1. The number of piperidine rings is 1. The summed E-state index contributed by atoms with van der Waals surface area (Å²) in [6, 6.07) is 5.81. The van der Waals surface area contributed by atoms with Gasteiger partial charge in [-0.3, -0.25) is 4.79 Å². The number of aromatic nitrogens is 4. The Labute approximate surface area is 180 Å². The van der Waals surface area contributed by atoms with E-state index in [1.54, 1.807) is 36.9 Å². The average Bonchev–Trinajstić information content (AvgIpc) is 2.79. The first-order chi connectivity index (χ1) is 15.0. The van der Waals surface area contributed by atoms with Crippen LogP contribution in [0.25, 0.3) is 11.4 Å². The second-order valence-corrected chi connectivity index (χ2v) is 7.91. The molecular weight excluding hydrogens is 395 g/mol. The maximum Gasteiger partial charge on any atom is 0.255 e. The molecule has 1 aliphatic rings. The van der Waals surface area contributed by atoms with E-state index in [2.05, 4.69) is 32.2 Å². The van der Waals surface area contributed by atoms with Gasteiger partial charge in [-0.15, -0.1) is 0 Å². The molecule has 0 saturated carbocycles. The van der Waals surface area contributed by atoms with Gasteiger partial charge < -0.3 is 10.2 Å². The van der Waals surface area contributed by atoms with Gasteiger partial charge in [-0.1, -0.05) is 6.92 Å². The molecule has 160 valence electrons. The summed E-state index contributed by atoms with van der Waals surface area (Å²) in [6.07, 6.45) is 8.64. The number of anilines is 1. The van der Waals surface area contributed by atoms with Crippen molar-refractivity contribution < 1.29 is 9.18 Å². The Morgan fingerprint density at radius 1 is 1.19 bits per heavy atom. The third-order valence-electron chi connectivity index (χ3n) is 5.65. The second kappa shape index (κ2) is 9.16. The van der Waals surface area contributed by atoms with Gasteiger partial charge in [0.05, 0.1) is 11.6 Å². The molecule has 7 nitrogen and oxygen atoms in total. The minimum atomic E-state index is -0.462. The molecule has 4 rings (SSSR count). The zero-order valence-electron chi connectivity index (χ0n) is 17.6. The summed E-state index contributed by atoms with van der Waals surface area (Å²) in [5.41, 5.74) is 1.78. The molecule has 2 aromatic heterocycles. The summed E-state index contributed by atoms with van der Waals surface area (Å²) in [5, 5.41) is 3.25. The van der Waals surface area contributed by atoms with Gasteiger partial charge in [-0.05, 0) is 55.5 Å². The van der Waals surface area contributed by atoms with Crippen LogP contribution in [0.1, 0.15) is 35.7 Å². The number of hydrogen-bond acceptors (Lipinski definition) is 6. The van der Waals surface area contributed by atoms with Crippen LogP contribution < -0.4 is 5.32 Å². The van der Waals surface area contributed by atoms with E-state index in [9.17, 15) is 9.18 Å². The first-order valence-electron chi connectivity index (χ1n) is 10.4. The fraction of sp³-hybridized carbons (Fsp3) is 0.348. The lowest BCUT2D eigenvalue weighted by Crippen LogP contribution is -2.51. The van der Waals surface area contributed by atoms with Gasteiger partial charge in [0, 0.05) is 43.4 Å². The number of hydrogen-bond donors (Lipinski definition) is 1. The Kier molecular flexibility index (Phi) is 6.16. The van der Waals surface area contributed by atoms with E-state index in [4.69, 9.17) is 0 Å². The Balaban J connectivity index is 1.61. The van der Waals surface area contributed by atoms with Crippen molar-refractivity contribution in [3.8, 4) is 11.4 Å². The van der Waals surface area contributed by atoms with Crippen molar-refractivity contribution in [2.75, 3.05) is 18.4 Å². The molecule has 0 unspecified atom stereocenters. The minimum Gasteiger partial charge on any atom is -0.352 e. The first-order valence-corrected chi connectivity index (χ1v) is 10.4. The van der Waals surface area contributed by atoms with Crippen molar-refractivity contribution in [3.63, 3.8) is 0 Å². The first kappa shape index (κ1) is 20.8. The molecule has 1 N–H and O–H groups in total. The average molecular weight is 420 g/mol. The number of likely N-dealkylation sites (tertiary alicyclic amines) is 1. The van der Waals surface area contributed by atoms with Crippen LogP contribution in [0.15, 0.2) is 49.1 Å². The number of nitrogens with one attached hydrogen (secondary N) is 1. The van der Waals surface area contributed by atoms with E-state index in [0.717, 1.165) is 18.4 Å². The van der Waals surface area contributed by atoms with E-state index in [0.29, 0.717) is 30.4 Å². The molecule has 0 spiro atoms. The highest BCUT2D eigenvalue weighted by Gasteiger charge is 2.33. The van der Waals surface area contributed by atoms with Crippen LogP contribution in [0.4, 0.5) is 10.3 Å². The lowest BCUT2D eigenvalue weighted by Gasteiger charge is -2.40. The fourth-order valence-corrected chi connectivity index (χ4v) is 3.97. The van der Waals surface area contributed by atoms with Gasteiger partial charge in [-0.25, -0.2) is 24.3 Å². The molecule has 1 fully saturated rings. The van der Waals surface area contributed by atoms with Gasteiger partial charge in [0.25, 0.3) is 5.91 Å². The fourth-order valence-electron chi connectivity index (χ4n) is 3.97. The van der Waals surface area contributed by atoms with E-state index in [1.165, 1.54) is 12.1 Å². The summed E-state index contributed by atoms with van der Waals surface area (Å²) in [7, 11) is 0. The Morgan fingerprint density at radius 2 is 1.94 bits per heavy atom.